The van der Waals surface area contributed by atoms with Gasteiger partial charge in [-0.05, 0) is 18.2 Å². The van der Waals surface area contributed by atoms with Gasteiger partial charge < -0.3 is 14.2 Å². The van der Waals surface area contributed by atoms with Gasteiger partial charge in [0.25, 0.3) is 0 Å². The highest BCUT2D eigenvalue weighted by atomic mass is 16.5. The second-order valence-electron chi connectivity index (χ2n) is 4.42. The van der Waals surface area contributed by atoms with Gasteiger partial charge in [0.2, 0.25) is 0 Å². The maximum Gasteiger partial charge on any atom is 0.339 e. The summed E-state index contributed by atoms with van der Waals surface area (Å²) in [6.45, 7) is 10.3. The van der Waals surface area contributed by atoms with Crippen LogP contribution in [0, 0.1) is 0 Å². The molecule has 6 nitrogen and oxygen atoms in total. The molecule has 0 saturated carbocycles. The smallest absolute Gasteiger partial charge is 0.339 e. The molecule has 0 heterocycles. The molecular formula is C18H18O6. The van der Waals surface area contributed by atoms with Crippen LogP contribution in [0.5, 0.6) is 0 Å². The first kappa shape index (κ1) is 18.9. The molecule has 0 unspecified atom stereocenters. The van der Waals surface area contributed by atoms with Gasteiger partial charge in [-0.15, -0.1) is 0 Å². The third-order valence-corrected chi connectivity index (χ3v) is 2.69. The summed E-state index contributed by atoms with van der Waals surface area (Å²) < 4.78 is 14.8. The molecule has 0 fully saturated rings. The Labute approximate surface area is 140 Å². The summed E-state index contributed by atoms with van der Waals surface area (Å²) in [6, 6.07) is 3.89. The molecule has 0 N–H and O–H groups in total. The van der Waals surface area contributed by atoms with Crippen molar-refractivity contribution in [3.05, 3.63) is 72.9 Å². The van der Waals surface area contributed by atoms with E-state index in [0.29, 0.717) is 0 Å². The van der Waals surface area contributed by atoms with Crippen LogP contribution in [0.1, 0.15) is 31.1 Å². The van der Waals surface area contributed by atoms with Crippen molar-refractivity contribution in [3.8, 4) is 0 Å². The van der Waals surface area contributed by atoms with Crippen LogP contribution < -0.4 is 0 Å². The van der Waals surface area contributed by atoms with Crippen molar-refractivity contribution in [1.29, 1.82) is 0 Å². The van der Waals surface area contributed by atoms with Crippen LogP contribution in [-0.2, 0) is 14.2 Å². The van der Waals surface area contributed by atoms with Gasteiger partial charge in [0.1, 0.15) is 19.8 Å². The van der Waals surface area contributed by atoms with Gasteiger partial charge in [0.05, 0.1) is 16.7 Å². The maximum atomic E-state index is 12.1. The Morgan fingerprint density at radius 3 is 1.71 bits per heavy atom. The first-order valence-electron chi connectivity index (χ1n) is 7.03. The number of esters is 3. The summed E-state index contributed by atoms with van der Waals surface area (Å²) >= 11 is 0. The highest BCUT2D eigenvalue weighted by Gasteiger charge is 2.22. The van der Waals surface area contributed by atoms with Crippen LogP contribution in [0.25, 0.3) is 0 Å². The second-order valence-corrected chi connectivity index (χ2v) is 4.42. The van der Waals surface area contributed by atoms with Crippen LogP contribution >= 0.6 is 0 Å². The Bertz CT molecular complexity index is 659. The van der Waals surface area contributed by atoms with Crippen molar-refractivity contribution in [2.45, 2.75) is 0 Å². The van der Waals surface area contributed by atoms with E-state index in [4.69, 9.17) is 14.2 Å². The van der Waals surface area contributed by atoms with Gasteiger partial charge in [-0.1, -0.05) is 38.0 Å². The molecule has 0 aliphatic carbocycles. The molecule has 1 aromatic rings. The summed E-state index contributed by atoms with van der Waals surface area (Å²) in [7, 11) is 0. The highest BCUT2D eigenvalue weighted by Crippen LogP contribution is 2.16. The van der Waals surface area contributed by atoms with E-state index in [2.05, 4.69) is 19.7 Å². The molecular weight excluding hydrogens is 312 g/mol. The SMILES string of the molecule is C=CCOC(=O)c1ccc(C(=O)OCC=C)c(C(=O)OCC=C)c1. The van der Waals surface area contributed by atoms with Crippen LogP contribution in [0.2, 0.25) is 0 Å². The van der Waals surface area contributed by atoms with Crippen LogP contribution in [-0.4, -0.2) is 37.7 Å². The minimum absolute atomic E-state index is 0.0108. The van der Waals surface area contributed by atoms with Gasteiger partial charge in [-0.25, -0.2) is 14.4 Å². The molecule has 0 bridgehead atoms. The lowest BCUT2D eigenvalue weighted by Gasteiger charge is -2.10. The van der Waals surface area contributed by atoms with E-state index >= 15 is 0 Å². The maximum absolute atomic E-state index is 12.1. The summed E-state index contributed by atoms with van der Waals surface area (Å²) in [5.74, 6) is -2.16. The Morgan fingerprint density at radius 1 is 0.750 bits per heavy atom. The predicted molar refractivity (Wildman–Crippen MR) is 87.9 cm³/mol. The number of ether oxygens (including phenoxy) is 3. The van der Waals surface area contributed by atoms with E-state index in [-0.39, 0.29) is 36.5 Å². The minimum Gasteiger partial charge on any atom is -0.458 e. The molecule has 0 radical (unpaired) electrons. The van der Waals surface area contributed by atoms with Crippen molar-refractivity contribution >= 4 is 17.9 Å². The molecule has 0 saturated heterocycles. The van der Waals surface area contributed by atoms with Crippen molar-refractivity contribution in [2.24, 2.45) is 0 Å². The molecule has 1 rings (SSSR count). The Morgan fingerprint density at radius 2 is 1.21 bits per heavy atom. The van der Waals surface area contributed by atoms with E-state index in [1.807, 2.05) is 0 Å². The normalized spacial score (nSPS) is 9.50. The van der Waals surface area contributed by atoms with Crippen LogP contribution in [0.15, 0.2) is 56.2 Å². The lowest BCUT2D eigenvalue weighted by molar-refractivity contribution is 0.0500. The molecule has 126 valence electrons. The third kappa shape index (κ3) is 5.24. The van der Waals surface area contributed by atoms with Gasteiger partial charge >= 0.3 is 17.9 Å². The van der Waals surface area contributed by atoms with Gasteiger partial charge in [0, 0.05) is 0 Å². The topological polar surface area (TPSA) is 78.9 Å². The monoisotopic (exact) mass is 330 g/mol. The second kappa shape index (κ2) is 9.78. The Kier molecular flexibility index (Phi) is 7.70. The number of rotatable bonds is 9. The number of hydrogen-bond acceptors (Lipinski definition) is 6. The largest absolute Gasteiger partial charge is 0.458 e. The van der Waals surface area contributed by atoms with E-state index in [1.165, 1.54) is 36.4 Å². The van der Waals surface area contributed by atoms with Gasteiger partial charge in [0.15, 0.2) is 0 Å². The standard InChI is InChI=1S/C18H18O6/c1-4-9-22-16(19)13-7-8-14(17(20)23-10-5-2)15(12-13)18(21)24-11-6-3/h4-8,12H,1-3,9-11H2. The van der Waals surface area contributed by atoms with Gasteiger partial charge in [-0.3, -0.25) is 0 Å². The zero-order chi connectivity index (χ0) is 17.9. The summed E-state index contributed by atoms with van der Waals surface area (Å²) in [5, 5.41) is 0. The fourth-order valence-electron chi connectivity index (χ4n) is 1.66. The first-order chi connectivity index (χ1) is 11.5. The number of benzene rings is 1. The lowest BCUT2D eigenvalue weighted by atomic mass is 10.0. The minimum atomic E-state index is -0.779. The summed E-state index contributed by atoms with van der Waals surface area (Å²) in [4.78, 5) is 36.0. The molecule has 0 aliphatic heterocycles. The zero-order valence-electron chi connectivity index (χ0n) is 13.2. The van der Waals surface area contributed by atoms with Crippen LogP contribution in [0.4, 0.5) is 0 Å². The van der Waals surface area contributed by atoms with Gasteiger partial charge in [-0.2, -0.15) is 0 Å². The number of carbonyl (C=O) groups excluding carboxylic acids is 3. The average molecular weight is 330 g/mol. The Hall–Kier alpha value is -3.15. The molecule has 0 spiro atoms. The zero-order valence-corrected chi connectivity index (χ0v) is 13.2. The van der Waals surface area contributed by atoms with Crippen molar-refractivity contribution in [2.75, 3.05) is 19.8 Å². The van der Waals surface area contributed by atoms with Crippen molar-refractivity contribution < 1.29 is 28.6 Å². The van der Waals surface area contributed by atoms with Crippen molar-refractivity contribution in [1.82, 2.24) is 0 Å². The fraction of sp³-hybridized carbons (Fsp3) is 0.167. The molecule has 0 amide bonds. The average Bonchev–Trinajstić information content (AvgIpc) is 2.61. The molecule has 0 aliphatic rings. The van der Waals surface area contributed by atoms with E-state index in [1.54, 1.807) is 0 Å². The van der Waals surface area contributed by atoms with E-state index in [0.717, 1.165) is 0 Å². The molecule has 24 heavy (non-hydrogen) atoms. The van der Waals surface area contributed by atoms with E-state index < -0.39 is 17.9 Å². The van der Waals surface area contributed by atoms with Crippen LogP contribution in [0.3, 0.4) is 0 Å². The number of carbonyl (C=O) groups is 3. The number of hydrogen-bond donors (Lipinski definition) is 0. The molecule has 1 aromatic carbocycles. The predicted octanol–water partition coefficient (Wildman–Crippen LogP) is 2.72. The Balaban J connectivity index is 3.17. The molecule has 0 aromatic heterocycles. The third-order valence-electron chi connectivity index (χ3n) is 2.69. The highest BCUT2D eigenvalue weighted by molar-refractivity contribution is 6.05. The molecule has 6 heteroatoms. The summed E-state index contributed by atoms with van der Waals surface area (Å²) in [5.41, 5.74) is -0.0205. The summed E-state index contributed by atoms with van der Waals surface area (Å²) in [6.07, 6.45) is 4.20. The quantitative estimate of drug-likeness (QED) is 0.393. The first-order valence-corrected chi connectivity index (χ1v) is 7.03. The van der Waals surface area contributed by atoms with Crippen molar-refractivity contribution in [3.63, 3.8) is 0 Å². The molecule has 0 atom stereocenters. The lowest BCUT2D eigenvalue weighted by Crippen LogP contribution is -2.16. The fourth-order valence-corrected chi connectivity index (χ4v) is 1.66. The van der Waals surface area contributed by atoms with E-state index in [9.17, 15) is 14.4 Å².